The first-order valence-electron chi connectivity index (χ1n) is 6.34. The zero-order chi connectivity index (χ0) is 12.3. The van der Waals surface area contributed by atoms with E-state index in [0.29, 0.717) is 6.54 Å². The van der Waals surface area contributed by atoms with Crippen molar-refractivity contribution in [2.45, 2.75) is 32.2 Å². The lowest BCUT2D eigenvalue weighted by atomic mass is 10.1. The molecular weight excluding hydrogens is 212 g/mol. The fourth-order valence-corrected chi connectivity index (χ4v) is 2.26. The largest absolute Gasteiger partial charge is 0.337 e. The maximum absolute atomic E-state index is 12.1. The smallest absolute Gasteiger partial charge is 0.253 e. The summed E-state index contributed by atoms with van der Waals surface area (Å²) in [5.41, 5.74) is 7.88. The molecule has 2 N–H and O–H groups in total. The Morgan fingerprint density at radius 3 is 2.65 bits per heavy atom. The monoisotopic (exact) mass is 232 g/mol. The zero-order valence-corrected chi connectivity index (χ0v) is 10.4. The summed E-state index contributed by atoms with van der Waals surface area (Å²) in [7, 11) is 0. The summed E-state index contributed by atoms with van der Waals surface area (Å²) >= 11 is 0. The van der Waals surface area contributed by atoms with Gasteiger partial charge in [-0.05, 0) is 30.5 Å². The highest BCUT2D eigenvalue weighted by molar-refractivity contribution is 5.94. The van der Waals surface area contributed by atoms with Gasteiger partial charge in [0.2, 0.25) is 0 Å². The van der Waals surface area contributed by atoms with Crippen molar-refractivity contribution in [3.8, 4) is 0 Å². The van der Waals surface area contributed by atoms with Gasteiger partial charge in [-0.3, -0.25) is 4.79 Å². The molecule has 0 radical (unpaired) electrons. The third-order valence-electron chi connectivity index (χ3n) is 3.25. The van der Waals surface area contributed by atoms with E-state index in [1.807, 2.05) is 29.2 Å². The third kappa shape index (κ3) is 2.86. The lowest BCUT2D eigenvalue weighted by Gasteiger charge is -2.15. The third-order valence-corrected chi connectivity index (χ3v) is 3.25. The average molecular weight is 232 g/mol. The maximum atomic E-state index is 12.1. The number of amides is 1. The average Bonchev–Trinajstić information content (AvgIpc) is 2.76. The van der Waals surface area contributed by atoms with E-state index in [0.717, 1.165) is 31.4 Å². The molecule has 1 atom stereocenters. The zero-order valence-electron chi connectivity index (χ0n) is 10.4. The number of carbonyl (C=O) groups excluding carboxylic acids is 1. The molecule has 1 heterocycles. The predicted octanol–water partition coefficient (Wildman–Crippen LogP) is 1.81. The Labute approximate surface area is 103 Å². The number of likely N-dealkylation sites (tertiary alicyclic amines) is 1. The van der Waals surface area contributed by atoms with Gasteiger partial charge in [-0.1, -0.05) is 25.5 Å². The number of aryl methyl sites for hydroxylation is 1. The normalized spacial score (nSPS) is 19.6. The van der Waals surface area contributed by atoms with Gasteiger partial charge in [-0.15, -0.1) is 0 Å². The topological polar surface area (TPSA) is 46.3 Å². The lowest BCUT2D eigenvalue weighted by molar-refractivity contribution is 0.0791. The minimum absolute atomic E-state index is 0.112. The van der Waals surface area contributed by atoms with Crippen molar-refractivity contribution >= 4 is 5.91 Å². The predicted molar refractivity (Wildman–Crippen MR) is 68.9 cm³/mol. The molecule has 1 aromatic rings. The van der Waals surface area contributed by atoms with Crippen LogP contribution in [0.4, 0.5) is 0 Å². The van der Waals surface area contributed by atoms with Crippen LogP contribution in [-0.4, -0.2) is 29.9 Å². The number of nitrogens with zero attached hydrogens (tertiary/aromatic N) is 1. The van der Waals surface area contributed by atoms with Crippen LogP contribution in [0.5, 0.6) is 0 Å². The molecule has 17 heavy (non-hydrogen) atoms. The first-order chi connectivity index (χ1) is 8.20. The summed E-state index contributed by atoms with van der Waals surface area (Å²) in [4.78, 5) is 14.0. The van der Waals surface area contributed by atoms with Crippen molar-refractivity contribution in [3.63, 3.8) is 0 Å². The van der Waals surface area contributed by atoms with Crippen LogP contribution in [0.3, 0.4) is 0 Å². The van der Waals surface area contributed by atoms with E-state index in [9.17, 15) is 4.79 Å². The fraction of sp³-hybridized carbons (Fsp3) is 0.500. The summed E-state index contributed by atoms with van der Waals surface area (Å²) in [6, 6.07) is 8.10. The summed E-state index contributed by atoms with van der Waals surface area (Å²) in [6.07, 6.45) is 3.12. The van der Waals surface area contributed by atoms with Crippen LogP contribution >= 0.6 is 0 Å². The Bertz CT molecular complexity index is 386. The van der Waals surface area contributed by atoms with Gasteiger partial charge in [0, 0.05) is 24.7 Å². The second-order valence-electron chi connectivity index (χ2n) is 4.75. The lowest BCUT2D eigenvalue weighted by Crippen LogP contribution is -2.31. The highest BCUT2D eigenvalue weighted by Crippen LogP contribution is 2.13. The van der Waals surface area contributed by atoms with Gasteiger partial charge in [-0.2, -0.15) is 0 Å². The van der Waals surface area contributed by atoms with Gasteiger partial charge in [-0.25, -0.2) is 0 Å². The van der Waals surface area contributed by atoms with E-state index in [1.165, 1.54) is 5.56 Å². The Hall–Kier alpha value is -1.35. The van der Waals surface area contributed by atoms with Gasteiger partial charge in [0.05, 0.1) is 0 Å². The summed E-state index contributed by atoms with van der Waals surface area (Å²) in [5.74, 6) is 0.112. The molecule has 0 unspecified atom stereocenters. The van der Waals surface area contributed by atoms with Crippen molar-refractivity contribution in [1.29, 1.82) is 0 Å². The minimum Gasteiger partial charge on any atom is -0.337 e. The van der Waals surface area contributed by atoms with Gasteiger partial charge >= 0.3 is 0 Å². The number of hydrogen-bond donors (Lipinski definition) is 1. The highest BCUT2D eigenvalue weighted by atomic mass is 16.2. The van der Waals surface area contributed by atoms with Crippen LogP contribution in [0.2, 0.25) is 0 Å². The molecule has 1 amide bonds. The molecule has 1 fully saturated rings. The second-order valence-corrected chi connectivity index (χ2v) is 4.75. The van der Waals surface area contributed by atoms with Crippen molar-refractivity contribution in [2.24, 2.45) is 5.73 Å². The number of nitrogens with two attached hydrogens (primary N) is 1. The Balaban J connectivity index is 2.04. The standard InChI is InChI=1S/C14H20N2O/c1-2-3-11-4-6-12(7-5-11)14(17)16-9-8-13(15)10-16/h4-7,13H,2-3,8-10,15H2,1H3/t13-/m1/s1. The highest BCUT2D eigenvalue weighted by Gasteiger charge is 2.24. The van der Waals surface area contributed by atoms with E-state index < -0.39 is 0 Å². The molecule has 3 heteroatoms. The SMILES string of the molecule is CCCc1ccc(C(=O)N2CC[C@@H](N)C2)cc1. The molecule has 3 nitrogen and oxygen atoms in total. The number of rotatable bonds is 3. The fourth-order valence-electron chi connectivity index (χ4n) is 2.26. The van der Waals surface area contributed by atoms with Crippen LogP contribution in [0, 0.1) is 0 Å². The van der Waals surface area contributed by atoms with Crippen LogP contribution < -0.4 is 5.73 Å². The molecule has 0 bridgehead atoms. The number of hydrogen-bond acceptors (Lipinski definition) is 2. The van der Waals surface area contributed by atoms with Gasteiger partial charge in [0.1, 0.15) is 0 Å². The molecule has 92 valence electrons. The molecule has 0 aliphatic carbocycles. The molecule has 0 aromatic heterocycles. The second kappa shape index (κ2) is 5.32. The molecule has 1 aromatic carbocycles. The van der Waals surface area contributed by atoms with Crippen LogP contribution in [-0.2, 0) is 6.42 Å². The Kier molecular flexibility index (Phi) is 3.79. The van der Waals surface area contributed by atoms with Crippen LogP contribution in [0.25, 0.3) is 0 Å². The number of benzene rings is 1. The van der Waals surface area contributed by atoms with Crippen molar-refractivity contribution in [1.82, 2.24) is 4.90 Å². The van der Waals surface area contributed by atoms with E-state index in [-0.39, 0.29) is 11.9 Å². The number of carbonyl (C=O) groups is 1. The van der Waals surface area contributed by atoms with E-state index in [2.05, 4.69) is 6.92 Å². The molecule has 1 saturated heterocycles. The van der Waals surface area contributed by atoms with Crippen molar-refractivity contribution in [2.75, 3.05) is 13.1 Å². The van der Waals surface area contributed by atoms with Gasteiger partial charge in [0.15, 0.2) is 0 Å². The van der Waals surface area contributed by atoms with Gasteiger partial charge < -0.3 is 10.6 Å². The van der Waals surface area contributed by atoms with E-state index in [4.69, 9.17) is 5.73 Å². The minimum atomic E-state index is 0.112. The summed E-state index contributed by atoms with van der Waals surface area (Å²) < 4.78 is 0. The first kappa shape index (κ1) is 12.1. The Morgan fingerprint density at radius 1 is 1.41 bits per heavy atom. The Morgan fingerprint density at radius 2 is 2.12 bits per heavy atom. The maximum Gasteiger partial charge on any atom is 0.253 e. The quantitative estimate of drug-likeness (QED) is 0.864. The molecule has 1 aliphatic heterocycles. The summed E-state index contributed by atoms with van der Waals surface area (Å²) in [5, 5.41) is 0. The molecule has 2 rings (SSSR count). The van der Waals surface area contributed by atoms with Crippen molar-refractivity contribution in [3.05, 3.63) is 35.4 Å². The van der Waals surface area contributed by atoms with E-state index in [1.54, 1.807) is 0 Å². The molecular formula is C14H20N2O. The molecule has 0 saturated carbocycles. The van der Waals surface area contributed by atoms with E-state index >= 15 is 0 Å². The van der Waals surface area contributed by atoms with Crippen LogP contribution in [0.1, 0.15) is 35.7 Å². The van der Waals surface area contributed by atoms with Crippen molar-refractivity contribution < 1.29 is 4.79 Å². The summed E-state index contributed by atoms with van der Waals surface area (Å²) in [6.45, 7) is 3.64. The molecule has 0 spiro atoms. The molecule has 1 aliphatic rings. The first-order valence-corrected chi connectivity index (χ1v) is 6.34. The van der Waals surface area contributed by atoms with Gasteiger partial charge in [0.25, 0.3) is 5.91 Å². The van der Waals surface area contributed by atoms with Crippen LogP contribution in [0.15, 0.2) is 24.3 Å².